The summed E-state index contributed by atoms with van der Waals surface area (Å²) < 4.78 is 12.0. The molecule has 4 nitrogen and oxygen atoms in total. The predicted octanol–water partition coefficient (Wildman–Crippen LogP) is 7.18. The van der Waals surface area contributed by atoms with Crippen molar-refractivity contribution in [3.05, 3.63) is 66.2 Å². The molecule has 6 atom stereocenters. The van der Waals surface area contributed by atoms with Gasteiger partial charge in [-0.25, -0.2) is 4.79 Å². The van der Waals surface area contributed by atoms with E-state index in [1.54, 1.807) is 0 Å². The van der Waals surface area contributed by atoms with E-state index in [2.05, 4.69) is 19.1 Å². The van der Waals surface area contributed by atoms with E-state index in [4.69, 9.17) is 9.47 Å². The number of fused-ring (bicyclic) bond motifs is 5. The van der Waals surface area contributed by atoms with Crippen LogP contribution in [0.1, 0.15) is 64.7 Å². The molecule has 2 aromatic carbocycles. The van der Waals surface area contributed by atoms with E-state index in [1.807, 2.05) is 48.5 Å². The highest BCUT2D eigenvalue weighted by Gasteiger charge is 2.58. The fraction of sp³-hybridized carbons (Fsp3) is 0.515. The fourth-order valence-electron chi connectivity index (χ4n) is 8.50. The Labute approximate surface area is 220 Å². The third-order valence-electron chi connectivity index (χ3n) is 10.2. The van der Waals surface area contributed by atoms with Crippen molar-refractivity contribution >= 4 is 11.8 Å². The number of hydrogen-bond acceptors (Lipinski definition) is 4. The molecule has 4 unspecified atom stereocenters. The van der Waals surface area contributed by atoms with Gasteiger partial charge in [-0.2, -0.15) is 0 Å². The molecule has 0 bridgehead atoms. The molecule has 2 aromatic rings. The zero-order chi connectivity index (χ0) is 25.4. The summed E-state index contributed by atoms with van der Waals surface area (Å²) in [5, 5.41) is 0. The number of ether oxygens (including phenoxy) is 2. The minimum absolute atomic E-state index is 0.00937. The van der Waals surface area contributed by atoms with Crippen LogP contribution >= 0.6 is 0 Å². The third kappa shape index (κ3) is 4.53. The van der Waals surface area contributed by atoms with Crippen LogP contribution in [-0.2, 0) is 14.3 Å². The number of hydrogen-bond donors (Lipinski definition) is 0. The van der Waals surface area contributed by atoms with Gasteiger partial charge in [0.05, 0.1) is 0 Å². The first kappa shape index (κ1) is 24.5. The summed E-state index contributed by atoms with van der Waals surface area (Å²) in [6, 6.07) is 18.1. The van der Waals surface area contributed by atoms with E-state index in [0.717, 1.165) is 56.1 Å². The summed E-state index contributed by atoms with van der Waals surface area (Å²) in [7, 11) is 0. The lowest BCUT2D eigenvalue weighted by Crippen LogP contribution is -2.49. The van der Waals surface area contributed by atoms with E-state index in [1.165, 1.54) is 18.4 Å². The van der Waals surface area contributed by atoms with Crippen LogP contribution in [-0.4, -0.2) is 24.5 Å². The molecular weight excluding hydrogens is 460 g/mol. The molecule has 37 heavy (non-hydrogen) atoms. The number of carbonyl (C=O) groups is 2. The summed E-state index contributed by atoms with van der Waals surface area (Å²) in [5.74, 6) is 3.39. The Morgan fingerprint density at radius 3 is 2.46 bits per heavy atom. The molecule has 4 heteroatoms. The van der Waals surface area contributed by atoms with Gasteiger partial charge in [0.1, 0.15) is 11.9 Å². The monoisotopic (exact) mass is 498 g/mol. The van der Waals surface area contributed by atoms with Crippen molar-refractivity contribution in [2.75, 3.05) is 6.61 Å². The van der Waals surface area contributed by atoms with Gasteiger partial charge in [-0.15, -0.1) is 0 Å². The Balaban J connectivity index is 1.08. The van der Waals surface area contributed by atoms with Crippen LogP contribution in [0, 0.1) is 29.1 Å². The van der Waals surface area contributed by atoms with Crippen LogP contribution in [0.5, 0.6) is 5.75 Å². The Morgan fingerprint density at radius 1 is 0.892 bits per heavy atom. The second-order valence-corrected chi connectivity index (χ2v) is 11.7. The first-order chi connectivity index (χ1) is 18.1. The fourth-order valence-corrected chi connectivity index (χ4v) is 8.50. The van der Waals surface area contributed by atoms with Gasteiger partial charge in [-0.1, -0.05) is 55.0 Å². The summed E-state index contributed by atoms with van der Waals surface area (Å²) in [6.45, 7) is 2.24. The SMILES string of the molecule is CC[C@]12CCC3C4CCC(=O)C=C4CCC3C1CC[C@@H]2OC(=O)COc1ccc(-c2ccccc2)cc1. The minimum atomic E-state index is -0.257. The van der Waals surface area contributed by atoms with Crippen molar-refractivity contribution in [1.82, 2.24) is 0 Å². The molecule has 0 spiro atoms. The lowest BCUT2D eigenvalue weighted by Gasteiger charge is -2.54. The Morgan fingerprint density at radius 2 is 1.68 bits per heavy atom. The smallest absolute Gasteiger partial charge is 0.344 e. The van der Waals surface area contributed by atoms with Gasteiger partial charge in [0.25, 0.3) is 0 Å². The average molecular weight is 499 g/mol. The van der Waals surface area contributed by atoms with Crippen molar-refractivity contribution in [2.24, 2.45) is 29.1 Å². The molecule has 0 aromatic heterocycles. The summed E-state index contributed by atoms with van der Waals surface area (Å²) in [6.07, 6.45) is 11.5. The maximum absolute atomic E-state index is 12.9. The zero-order valence-corrected chi connectivity index (χ0v) is 21.9. The number of ketones is 1. The second kappa shape index (κ2) is 10.1. The van der Waals surface area contributed by atoms with E-state index in [9.17, 15) is 9.59 Å². The van der Waals surface area contributed by atoms with Gasteiger partial charge in [0, 0.05) is 11.8 Å². The molecule has 194 valence electrons. The molecular formula is C33H38O4. The molecule has 0 radical (unpaired) electrons. The maximum atomic E-state index is 12.9. The predicted molar refractivity (Wildman–Crippen MR) is 144 cm³/mol. The standard InChI is InChI=1S/C33H38O4/c1-2-33-19-18-28-27-15-11-25(34)20-24(27)10-14-29(28)30(33)16-17-31(33)37-32(35)21-36-26-12-8-23(9-13-26)22-6-4-3-5-7-22/h3-9,12-13,20,27-31H,2,10-11,14-19,21H2,1H3/t27?,28?,29?,30?,31-,33-/m0/s1. The van der Waals surface area contributed by atoms with Gasteiger partial charge < -0.3 is 9.47 Å². The molecule has 3 saturated carbocycles. The van der Waals surface area contributed by atoms with Gasteiger partial charge in [0.2, 0.25) is 0 Å². The maximum Gasteiger partial charge on any atom is 0.344 e. The normalized spacial score (nSPS) is 32.5. The lowest BCUT2D eigenvalue weighted by atomic mass is 9.51. The molecule has 4 aliphatic carbocycles. The second-order valence-electron chi connectivity index (χ2n) is 11.7. The third-order valence-corrected chi connectivity index (χ3v) is 10.2. The summed E-state index contributed by atoms with van der Waals surface area (Å²) in [5.41, 5.74) is 3.81. The lowest BCUT2D eigenvalue weighted by molar-refractivity contribution is -0.163. The molecule has 3 fully saturated rings. The van der Waals surface area contributed by atoms with E-state index >= 15 is 0 Å². The number of allylic oxidation sites excluding steroid dienone is 1. The van der Waals surface area contributed by atoms with E-state index < -0.39 is 0 Å². The number of rotatable bonds is 6. The summed E-state index contributed by atoms with van der Waals surface area (Å²) in [4.78, 5) is 24.9. The molecule has 0 amide bonds. The molecule has 0 heterocycles. The van der Waals surface area contributed by atoms with Crippen LogP contribution in [0.25, 0.3) is 11.1 Å². The van der Waals surface area contributed by atoms with Crippen molar-refractivity contribution in [2.45, 2.75) is 70.8 Å². The van der Waals surface area contributed by atoms with Crippen LogP contribution in [0.4, 0.5) is 0 Å². The molecule has 4 aliphatic rings. The summed E-state index contributed by atoms with van der Waals surface area (Å²) >= 11 is 0. The van der Waals surface area contributed by atoms with Crippen molar-refractivity contribution in [3.8, 4) is 16.9 Å². The quantitative estimate of drug-likeness (QED) is 0.396. The Hall–Kier alpha value is -2.88. The van der Waals surface area contributed by atoms with Gasteiger partial charge >= 0.3 is 5.97 Å². The number of esters is 1. The molecule has 0 N–H and O–H groups in total. The van der Waals surface area contributed by atoms with Crippen LogP contribution in [0.3, 0.4) is 0 Å². The van der Waals surface area contributed by atoms with E-state index in [-0.39, 0.29) is 24.1 Å². The van der Waals surface area contributed by atoms with Crippen molar-refractivity contribution < 1.29 is 19.1 Å². The minimum Gasteiger partial charge on any atom is -0.482 e. The highest BCUT2D eigenvalue weighted by Crippen LogP contribution is 2.63. The van der Waals surface area contributed by atoms with Crippen LogP contribution < -0.4 is 4.74 Å². The average Bonchev–Trinajstić information content (AvgIpc) is 3.31. The van der Waals surface area contributed by atoms with Gasteiger partial charge in [-0.3, -0.25) is 4.79 Å². The Bertz CT molecular complexity index is 1170. The highest BCUT2D eigenvalue weighted by atomic mass is 16.6. The van der Waals surface area contributed by atoms with Crippen LogP contribution in [0.2, 0.25) is 0 Å². The largest absolute Gasteiger partial charge is 0.482 e. The Kier molecular flexibility index (Phi) is 6.69. The zero-order valence-electron chi connectivity index (χ0n) is 21.9. The number of benzene rings is 2. The molecule has 6 rings (SSSR count). The molecule has 0 aliphatic heterocycles. The van der Waals surface area contributed by atoms with E-state index in [0.29, 0.717) is 35.2 Å². The number of carbonyl (C=O) groups excluding carboxylic acids is 2. The highest BCUT2D eigenvalue weighted by molar-refractivity contribution is 5.91. The van der Waals surface area contributed by atoms with Crippen LogP contribution in [0.15, 0.2) is 66.2 Å². The topological polar surface area (TPSA) is 52.6 Å². The molecule has 0 saturated heterocycles. The van der Waals surface area contributed by atoms with Crippen molar-refractivity contribution in [1.29, 1.82) is 0 Å². The first-order valence-corrected chi connectivity index (χ1v) is 14.3. The van der Waals surface area contributed by atoms with Crippen molar-refractivity contribution in [3.63, 3.8) is 0 Å². The van der Waals surface area contributed by atoms with Gasteiger partial charge in [0.15, 0.2) is 12.4 Å². The van der Waals surface area contributed by atoms with Gasteiger partial charge in [-0.05, 0) is 104 Å². The first-order valence-electron chi connectivity index (χ1n) is 14.3.